The maximum absolute atomic E-state index is 10.6. The summed E-state index contributed by atoms with van der Waals surface area (Å²) in [5, 5.41) is 0. The Hall–Kier alpha value is -1.05. The molecule has 0 aromatic heterocycles. The summed E-state index contributed by atoms with van der Waals surface area (Å²) >= 11 is 0. The SMILES string of the molecule is CC(=O)O/C=C/C[C@H]1C[C@@H](C(C)C)CC=C1C. The molecule has 0 amide bonds. The molecule has 0 saturated heterocycles. The first kappa shape index (κ1) is 14.0. The normalized spacial score (nSPS) is 25.1. The molecule has 0 saturated carbocycles. The Morgan fingerprint density at radius 3 is 2.88 bits per heavy atom. The van der Waals surface area contributed by atoms with E-state index in [0.29, 0.717) is 5.92 Å². The lowest BCUT2D eigenvalue weighted by molar-refractivity contribution is -0.135. The molecule has 0 heterocycles. The zero-order valence-electron chi connectivity index (χ0n) is 11.4. The molecular weight excluding hydrogens is 212 g/mol. The van der Waals surface area contributed by atoms with Crippen LogP contribution in [0, 0.1) is 17.8 Å². The lowest BCUT2D eigenvalue weighted by atomic mass is 9.75. The van der Waals surface area contributed by atoms with E-state index in [1.165, 1.54) is 31.6 Å². The summed E-state index contributed by atoms with van der Waals surface area (Å²) in [6, 6.07) is 0. The Bertz CT molecular complexity index is 313. The first-order valence-electron chi connectivity index (χ1n) is 6.49. The van der Waals surface area contributed by atoms with Crippen molar-refractivity contribution in [2.45, 2.75) is 47.0 Å². The van der Waals surface area contributed by atoms with Crippen LogP contribution in [0.5, 0.6) is 0 Å². The van der Waals surface area contributed by atoms with E-state index in [1.807, 2.05) is 6.08 Å². The second kappa shape index (κ2) is 6.63. The van der Waals surface area contributed by atoms with E-state index in [0.717, 1.165) is 18.3 Å². The largest absolute Gasteiger partial charge is 0.435 e. The number of hydrogen-bond acceptors (Lipinski definition) is 2. The third-order valence-corrected chi connectivity index (χ3v) is 3.67. The molecule has 0 unspecified atom stereocenters. The fraction of sp³-hybridized carbons (Fsp3) is 0.667. The van der Waals surface area contributed by atoms with Crippen molar-refractivity contribution in [1.29, 1.82) is 0 Å². The molecule has 96 valence electrons. The molecule has 2 atom stereocenters. The zero-order chi connectivity index (χ0) is 12.8. The Kier molecular flexibility index (Phi) is 5.46. The minimum Gasteiger partial charge on any atom is -0.435 e. The van der Waals surface area contributed by atoms with Gasteiger partial charge in [-0.3, -0.25) is 4.79 Å². The third kappa shape index (κ3) is 4.76. The molecule has 17 heavy (non-hydrogen) atoms. The summed E-state index contributed by atoms with van der Waals surface area (Å²) in [5.74, 6) is 1.91. The summed E-state index contributed by atoms with van der Waals surface area (Å²) in [6.45, 7) is 8.22. The van der Waals surface area contributed by atoms with Gasteiger partial charge in [-0.15, -0.1) is 0 Å². The van der Waals surface area contributed by atoms with Gasteiger partial charge < -0.3 is 4.74 Å². The van der Waals surface area contributed by atoms with E-state index >= 15 is 0 Å². The molecule has 1 rings (SSSR count). The van der Waals surface area contributed by atoms with Crippen molar-refractivity contribution < 1.29 is 9.53 Å². The highest BCUT2D eigenvalue weighted by Gasteiger charge is 2.23. The topological polar surface area (TPSA) is 26.3 Å². The number of hydrogen-bond donors (Lipinski definition) is 0. The van der Waals surface area contributed by atoms with Gasteiger partial charge >= 0.3 is 5.97 Å². The van der Waals surface area contributed by atoms with Crippen molar-refractivity contribution in [2.24, 2.45) is 17.8 Å². The van der Waals surface area contributed by atoms with Gasteiger partial charge in [0.25, 0.3) is 0 Å². The molecule has 1 aliphatic carbocycles. The predicted molar refractivity (Wildman–Crippen MR) is 70.3 cm³/mol. The molecule has 0 N–H and O–H groups in total. The average Bonchev–Trinajstić information content (AvgIpc) is 2.25. The van der Waals surface area contributed by atoms with Crippen molar-refractivity contribution >= 4 is 5.97 Å². The Morgan fingerprint density at radius 1 is 1.59 bits per heavy atom. The van der Waals surface area contributed by atoms with Crippen LogP contribution in [0.2, 0.25) is 0 Å². The van der Waals surface area contributed by atoms with Crippen LogP contribution < -0.4 is 0 Å². The maximum atomic E-state index is 10.6. The summed E-state index contributed by atoms with van der Waals surface area (Å²) in [5.41, 5.74) is 1.48. The van der Waals surface area contributed by atoms with Crippen LogP contribution in [0.15, 0.2) is 24.0 Å². The molecule has 0 aliphatic heterocycles. The molecule has 1 aliphatic rings. The second-order valence-electron chi connectivity index (χ2n) is 5.34. The lowest BCUT2D eigenvalue weighted by Crippen LogP contribution is -2.18. The van der Waals surface area contributed by atoms with E-state index in [9.17, 15) is 4.79 Å². The average molecular weight is 236 g/mol. The van der Waals surface area contributed by atoms with E-state index in [4.69, 9.17) is 4.74 Å². The standard InChI is InChI=1S/C15H24O2/c1-11(2)14-8-7-12(3)15(10-14)6-5-9-17-13(4)16/h5,7,9,11,14-15H,6,8,10H2,1-4H3/b9-5+/t14-,15-/m0/s1. The van der Waals surface area contributed by atoms with E-state index < -0.39 is 0 Å². The fourth-order valence-electron chi connectivity index (χ4n) is 2.34. The lowest BCUT2D eigenvalue weighted by Gasteiger charge is -2.30. The van der Waals surface area contributed by atoms with Crippen molar-refractivity contribution in [1.82, 2.24) is 0 Å². The molecular formula is C15H24O2. The number of carbonyl (C=O) groups excluding carboxylic acids is 1. The van der Waals surface area contributed by atoms with E-state index in [1.54, 1.807) is 0 Å². The van der Waals surface area contributed by atoms with Crippen molar-refractivity contribution in [3.63, 3.8) is 0 Å². The first-order chi connectivity index (χ1) is 8.00. The third-order valence-electron chi connectivity index (χ3n) is 3.67. The number of carbonyl (C=O) groups is 1. The first-order valence-corrected chi connectivity index (χ1v) is 6.49. The van der Waals surface area contributed by atoms with Crippen LogP contribution in [-0.4, -0.2) is 5.97 Å². The van der Waals surface area contributed by atoms with E-state index in [-0.39, 0.29) is 5.97 Å². The van der Waals surface area contributed by atoms with Crippen LogP contribution in [0.3, 0.4) is 0 Å². The van der Waals surface area contributed by atoms with Gasteiger partial charge in [0, 0.05) is 6.92 Å². The van der Waals surface area contributed by atoms with Crippen molar-refractivity contribution in [2.75, 3.05) is 0 Å². The monoisotopic (exact) mass is 236 g/mol. The van der Waals surface area contributed by atoms with Crippen molar-refractivity contribution in [3.05, 3.63) is 24.0 Å². The van der Waals surface area contributed by atoms with E-state index in [2.05, 4.69) is 26.8 Å². The van der Waals surface area contributed by atoms with Gasteiger partial charge in [-0.05, 0) is 50.0 Å². The van der Waals surface area contributed by atoms with Gasteiger partial charge in [0.15, 0.2) is 0 Å². The van der Waals surface area contributed by atoms with Gasteiger partial charge in [0.05, 0.1) is 6.26 Å². The molecule has 0 fully saturated rings. The highest BCUT2D eigenvalue weighted by Crippen LogP contribution is 2.35. The summed E-state index contributed by atoms with van der Waals surface area (Å²) < 4.78 is 4.80. The zero-order valence-corrected chi connectivity index (χ0v) is 11.4. The Balaban J connectivity index is 2.46. The van der Waals surface area contributed by atoms with Crippen LogP contribution >= 0.6 is 0 Å². The number of ether oxygens (including phenoxy) is 1. The van der Waals surface area contributed by atoms with Gasteiger partial charge in [0.1, 0.15) is 0 Å². The molecule has 0 aromatic carbocycles. The highest BCUT2D eigenvalue weighted by atomic mass is 16.5. The number of rotatable bonds is 4. The number of esters is 1. The van der Waals surface area contributed by atoms with Crippen molar-refractivity contribution in [3.8, 4) is 0 Å². The Morgan fingerprint density at radius 2 is 2.29 bits per heavy atom. The quantitative estimate of drug-likeness (QED) is 0.417. The molecule has 0 spiro atoms. The van der Waals surface area contributed by atoms with Crippen LogP contribution in [0.1, 0.15) is 47.0 Å². The summed E-state index contributed by atoms with van der Waals surface area (Å²) in [4.78, 5) is 10.6. The number of allylic oxidation sites excluding steroid dienone is 3. The van der Waals surface area contributed by atoms with Gasteiger partial charge in [-0.1, -0.05) is 25.5 Å². The molecule has 2 heteroatoms. The van der Waals surface area contributed by atoms with Gasteiger partial charge in [-0.2, -0.15) is 0 Å². The van der Waals surface area contributed by atoms with Gasteiger partial charge in [0.2, 0.25) is 0 Å². The minimum atomic E-state index is -0.253. The maximum Gasteiger partial charge on any atom is 0.307 e. The summed E-state index contributed by atoms with van der Waals surface area (Å²) in [7, 11) is 0. The van der Waals surface area contributed by atoms with Gasteiger partial charge in [-0.25, -0.2) is 0 Å². The second-order valence-corrected chi connectivity index (χ2v) is 5.34. The van der Waals surface area contributed by atoms with Crippen LogP contribution in [-0.2, 0) is 9.53 Å². The van der Waals surface area contributed by atoms with Crippen LogP contribution in [0.25, 0.3) is 0 Å². The van der Waals surface area contributed by atoms with Crippen LogP contribution in [0.4, 0.5) is 0 Å². The minimum absolute atomic E-state index is 0.253. The molecule has 2 nitrogen and oxygen atoms in total. The smallest absolute Gasteiger partial charge is 0.307 e. The summed E-state index contributed by atoms with van der Waals surface area (Å²) in [6.07, 6.45) is 9.30. The predicted octanol–water partition coefficient (Wildman–Crippen LogP) is 4.08. The highest BCUT2D eigenvalue weighted by molar-refractivity contribution is 5.66. The molecule has 0 bridgehead atoms. The fourth-order valence-corrected chi connectivity index (χ4v) is 2.34. The Labute approximate surface area is 105 Å². The molecule has 0 aromatic rings. The molecule has 0 radical (unpaired) electrons.